The van der Waals surface area contributed by atoms with Gasteiger partial charge in [0, 0.05) is 11.8 Å². The lowest BCUT2D eigenvalue weighted by Gasteiger charge is -2.26. The second-order valence-electron chi connectivity index (χ2n) is 7.32. The van der Waals surface area contributed by atoms with Gasteiger partial charge in [0.15, 0.2) is 5.11 Å². The Morgan fingerprint density at radius 1 is 0.969 bits per heavy atom. The van der Waals surface area contributed by atoms with Crippen LogP contribution in [0.4, 0.5) is 5.69 Å². The highest BCUT2D eigenvalue weighted by Gasteiger charge is 2.43. The van der Waals surface area contributed by atoms with Gasteiger partial charge in [-0.2, -0.15) is 0 Å². The number of phenols is 1. The van der Waals surface area contributed by atoms with Gasteiger partial charge in [-0.1, -0.05) is 41.4 Å². The summed E-state index contributed by atoms with van der Waals surface area (Å²) in [6, 6.07) is 21.3. The second kappa shape index (κ2) is 8.47. The molecule has 0 amide bonds. The minimum Gasteiger partial charge on any atom is -0.506 e. The quantitative estimate of drug-likeness (QED) is 0.323. The Hall–Kier alpha value is -3.06. The van der Waals surface area contributed by atoms with Crippen LogP contribution in [0.2, 0.25) is 10.0 Å². The standard InChI is InChI=1S/C24H17Cl2N3O2S/c25-15-9-8-14(13-16(15)26)20-10-11-21(31-20)23-22(17-5-3-4-12-27-17)28-24(32)29(23)18-6-1-2-7-19(18)30/h1-13,22-23,30H,(H,28,32)/t22-,23+/m0/s1. The largest absolute Gasteiger partial charge is 0.506 e. The van der Waals surface area contributed by atoms with Gasteiger partial charge in [-0.3, -0.25) is 4.98 Å². The lowest BCUT2D eigenvalue weighted by molar-refractivity contribution is 0.434. The third-order valence-corrected chi connectivity index (χ3v) is 6.42. The van der Waals surface area contributed by atoms with E-state index in [0.717, 1.165) is 11.3 Å². The molecule has 5 nitrogen and oxygen atoms in total. The van der Waals surface area contributed by atoms with Crippen LogP contribution in [0.25, 0.3) is 11.3 Å². The predicted molar refractivity (Wildman–Crippen MR) is 130 cm³/mol. The number of halogens is 2. The molecule has 0 radical (unpaired) electrons. The Kier molecular flexibility index (Phi) is 5.51. The zero-order valence-corrected chi connectivity index (χ0v) is 18.9. The maximum absolute atomic E-state index is 10.5. The van der Waals surface area contributed by atoms with Crippen LogP contribution < -0.4 is 10.2 Å². The first kappa shape index (κ1) is 20.8. The van der Waals surface area contributed by atoms with Crippen molar-refractivity contribution in [1.29, 1.82) is 0 Å². The van der Waals surface area contributed by atoms with Crippen molar-refractivity contribution in [1.82, 2.24) is 10.3 Å². The predicted octanol–water partition coefficient (Wildman–Crippen LogP) is 6.53. The van der Waals surface area contributed by atoms with E-state index >= 15 is 0 Å². The average molecular weight is 482 g/mol. The molecule has 0 saturated carbocycles. The molecule has 0 unspecified atom stereocenters. The number of benzene rings is 2. The van der Waals surface area contributed by atoms with Crippen molar-refractivity contribution < 1.29 is 9.52 Å². The molecular formula is C24H17Cl2N3O2S. The highest BCUT2D eigenvalue weighted by Crippen LogP contribution is 2.45. The number of nitrogens with one attached hydrogen (secondary N) is 1. The third kappa shape index (κ3) is 3.71. The van der Waals surface area contributed by atoms with Crippen LogP contribution >= 0.6 is 35.4 Å². The molecule has 3 heterocycles. The number of anilines is 1. The fraction of sp³-hybridized carbons (Fsp3) is 0.0833. The second-order valence-corrected chi connectivity index (χ2v) is 8.52. The molecule has 2 aromatic carbocycles. The van der Waals surface area contributed by atoms with Gasteiger partial charge < -0.3 is 19.7 Å². The molecule has 5 rings (SSSR count). The summed E-state index contributed by atoms with van der Waals surface area (Å²) in [5.41, 5.74) is 2.20. The first-order chi connectivity index (χ1) is 15.5. The molecular weight excluding hydrogens is 465 g/mol. The normalized spacial score (nSPS) is 18.1. The zero-order valence-electron chi connectivity index (χ0n) is 16.6. The van der Waals surface area contributed by atoms with Crippen molar-refractivity contribution in [2.45, 2.75) is 12.1 Å². The molecule has 4 aromatic rings. The summed E-state index contributed by atoms with van der Waals surface area (Å²) in [6.07, 6.45) is 1.74. The number of aromatic hydroxyl groups is 1. The molecule has 2 N–H and O–H groups in total. The number of para-hydroxylation sites is 2. The molecule has 32 heavy (non-hydrogen) atoms. The van der Waals surface area contributed by atoms with Gasteiger partial charge in [-0.05, 0) is 66.8 Å². The molecule has 8 heteroatoms. The maximum Gasteiger partial charge on any atom is 0.174 e. The van der Waals surface area contributed by atoms with E-state index in [2.05, 4.69) is 10.3 Å². The van der Waals surface area contributed by atoms with Crippen LogP contribution in [0.15, 0.2) is 83.4 Å². The third-order valence-electron chi connectivity index (χ3n) is 5.36. The Morgan fingerprint density at radius 2 is 1.78 bits per heavy atom. The van der Waals surface area contributed by atoms with Crippen molar-refractivity contribution in [2.24, 2.45) is 0 Å². The number of rotatable bonds is 4. The van der Waals surface area contributed by atoms with Gasteiger partial charge in [0.2, 0.25) is 0 Å². The van der Waals surface area contributed by atoms with Gasteiger partial charge in [0.05, 0.1) is 27.5 Å². The SMILES string of the molecule is Oc1ccccc1N1C(=S)N[C@@H](c2ccccn2)[C@H]1c1ccc(-c2ccc(Cl)c(Cl)c2)o1. The number of aromatic nitrogens is 1. The summed E-state index contributed by atoms with van der Waals surface area (Å²) in [4.78, 5) is 6.39. The summed E-state index contributed by atoms with van der Waals surface area (Å²) in [5, 5.41) is 15.3. The van der Waals surface area contributed by atoms with Crippen LogP contribution in [0.5, 0.6) is 5.75 Å². The van der Waals surface area contributed by atoms with E-state index in [9.17, 15) is 5.11 Å². The van der Waals surface area contributed by atoms with Crippen LogP contribution in [0, 0.1) is 0 Å². The highest BCUT2D eigenvalue weighted by atomic mass is 35.5. The molecule has 1 aliphatic heterocycles. The molecule has 0 spiro atoms. The molecule has 1 aliphatic rings. The number of hydrogen-bond donors (Lipinski definition) is 2. The first-order valence-corrected chi connectivity index (χ1v) is 11.0. The molecule has 2 atom stereocenters. The molecule has 2 aromatic heterocycles. The van der Waals surface area contributed by atoms with Crippen LogP contribution in [-0.2, 0) is 0 Å². The fourth-order valence-electron chi connectivity index (χ4n) is 3.89. The van der Waals surface area contributed by atoms with Gasteiger partial charge in [-0.15, -0.1) is 0 Å². The van der Waals surface area contributed by atoms with E-state index in [1.807, 2.05) is 53.4 Å². The van der Waals surface area contributed by atoms with Gasteiger partial charge >= 0.3 is 0 Å². The van der Waals surface area contributed by atoms with E-state index < -0.39 is 0 Å². The Bertz CT molecular complexity index is 1300. The van der Waals surface area contributed by atoms with Crippen LogP contribution in [0.3, 0.4) is 0 Å². The van der Waals surface area contributed by atoms with Gasteiger partial charge in [0.25, 0.3) is 0 Å². The first-order valence-electron chi connectivity index (χ1n) is 9.87. The molecule has 1 saturated heterocycles. The molecule has 160 valence electrons. The van der Waals surface area contributed by atoms with Crippen molar-refractivity contribution in [2.75, 3.05) is 4.90 Å². The molecule has 0 aliphatic carbocycles. The zero-order chi connectivity index (χ0) is 22.2. The summed E-state index contributed by atoms with van der Waals surface area (Å²) in [6.45, 7) is 0. The summed E-state index contributed by atoms with van der Waals surface area (Å²) in [7, 11) is 0. The fourth-order valence-corrected chi connectivity index (χ4v) is 4.52. The summed E-state index contributed by atoms with van der Waals surface area (Å²) >= 11 is 17.9. The molecule has 1 fully saturated rings. The van der Waals surface area contributed by atoms with E-state index in [1.54, 1.807) is 30.5 Å². The number of furan rings is 1. The summed E-state index contributed by atoms with van der Waals surface area (Å²) < 4.78 is 6.29. The topological polar surface area (TPSA) is 61.5 Å². The number of nitrogens with zero attached hydrogens (tertiary/aromatic N) is 2. The van der Waals surface area contributed by atoms with Crippen LogP contribution in [-0.4, -0.2) is 15.2 Å². The Labute approximate surface area is 200 Å². The lowest BCUT2D eigenvalue weighted by Crippen LogP contribution is -2.29. The number of pyridine rings is 1. The molecule has 0 bridgehead atoms. The van der Waals surface area contributed by atoms with E-state index in [-0.39, 0.29) is 17.8 Å². The van der Waals surface area contributed by atoms with Crippen molar-refractivity contribution in [3.05, 3.63) is 100 Å². The highest BCUT2D eigenvalue weighted by molar-refractivity contribution is 7.80. The van der Waals surface area contributed by atoms with E-state index in [1.165, 1.54) is 0 Å². The smallest absolute Gasteiger partial charge is 0.174 e. The van der Waals surface area contributed by atoms with Crippen molar-refractivity contribution in [3.63, 3.8) is 0 Å². The van der Waals surface area contributed by atoms with Gasteiger partial charge in [0.1, 0.15) is 23.3 Å². The number of hydrogen-bond acceptors (Lipinski definition) is 4. The van der Waals surface area contributed by atoms with E-state index in [0.29, 0.717) is 32.4 Å². The van der Waals surface area contributed by atoms with E-state index in [4.69, 9.17) is 39.8 Å². The van der Waals surface area contributed by atoms with Crippen molar-refractivity contribution >= 4 is 46.2 Å². The minimum atomic E-state index is -0.373. The lowest BCUT2D eigenvalue weighted by atomic mass is 10.0. The van der Waals surface area contributed by atoms with Crippen molar-refractivity contribution in [3.8, 4) is 17.1 Å². The number of thiocarbonyl (C=S) groups is 1. The van der Waals surface area contributed by atoms with Gasteiger partial charge in [-0.25, -0.2) is 0 Å². The Balaban J connectivity index is 1.61. The van der Waals surface area contributed by atoms with Crippen LogP contribution in [0.1, 0.15) is 23.5 Å². The number of phenolic OH excluding ortho intramolecular Hbond substituents is 1. The average Bonchev–Trinajstić information content (AvgIpc) is 3.41. The summed E-state index contributed by atoms with van der Waals surface area (Å²) in [5.74, 6) is 1.44. The monoisotopic (exact) mass is 481 g/mol. The maximum atomic E-state index is 10.5. The Morgan fingerprint density at radius 3 is 2.53 bits per heavy atom. The minimum absolute atomic E-state index is 0.125.